The standard InChI is InChI=1S/C12H12F4N2O3/c13-10(14)12(15,16)11(20)18-7-1-3-8(4-2-7)21-6-5-9(17)19/h1-4,10H,5-6H2,(H2,17,19)(H,18,20). The van der Waals surface area contributed by atoms with Crippen LogP contribution in [0.2, 0.25) is 0 Å². The molecule has 0 heterocycles. The summed E-state index contributed by atoms with van der Waals surface area (Å²) in [5.41, 5.74) is 4.81. The molecular weight excluding hydrogens is 296 g/mol. The zero-order chi connectivity index (χ0) is 16.0. The summed E-state index contributed by atoms with van der Waals surface area (Å²) in [6, 6.07) is 5.02. The average Bonchev–Trinajstić information content (AvgIpc) is 2.40. The highest BCUT2D eigenvalue weighted by Gasteiger charge is 2.48. The molecule has 0 aliphatic carbocycles. The van der Waals surface area contributed by atoms with Crippen LogP contribution in [0.1, 0.15) is 6.42 Å². The first-order valence-electron chi connectivity index (χ1n) is 5.72. The summed E-state index contributed by atoms with van der Waals surface area (Å²) in [6.07, 6.45) is -4.09. The van der Waals surface area contributed by atoms with E-state index in [2.05, 4.69) is 0 Å². The van der Waals surface area contributed by atoms with E-state index < -0.39 is 24.2 Å². The Morgan fingerprint density at radius 1 is 1.24 bits per heavy atom. The van der Waals surface area contributed by atoms with E-state index >= 15 is 0 Å². The maximum Gasteiger partial charge on any atom is 0.383 e. The molecule has 0 spiro atoms. The normalized spacial score (nSPS) is 11.3. The van der Waals surface area contributed by atoms with E-state index in [0.29, 0.717) is 5.75 Å². The summed E-state index contributed by atoms with van der Waals surface area (Å²) in [6.45, 7) is 0.0322. The number of primary amides is 1. The van der Waals surface area contributed by atoms with E-state index in [-0.39, 0.29) is 18.7 Å². The highest BCUT2D eigenvalue weighted by atomic mass is 19.3. The van der Waals surface area contributed by atoms with Crippen molar-refractivity contribution in [1.29, 1.82) is 0 Å². The Morgan fingerprint density at radius 2 is 1.81 bits per heavy atom. The number of anilines is 1. The molecule has 0 saturated carbocycles. The van der Waals surface area contributed by atoms with Gasteiger partial charge in [-0.25, -0.2) is 8.78 Å². The number of hydrogen-bond acceptors (Lipinski definition) is 3. The van der Waals surface area contributed by atoms with Crippen LogP contribution in [-0.4, -0.2) is 30.8 Å². The Bertz CT molecular complexity index is 506. The molecule has 3 N–H and O–H groups in total. The molecule has 0 atom stereocenters. The van der Waals surface area contributed by atoms with Crippen LogP contribution in [0.5, 0.6) is 5.75 Å². The van der Waals surface area contributed by atoms with Crippen molar-refractivity contribution in [1.82, 2.24) is 0 Å². The van der Waals surface area contributed by atoms with Gasteiger partial charge in [-0.2, -0.15) is 8.78 Å². The van der Waals surface area contributed by atoms with Crippen molar-refractivity contribution in [3.8, 4) is 5.75 Å². The number of ether oxygens (including phenoxy) is 1. The van der Waals surface area contributed by atoms with Crippen molar-refractivity contribution in [2.75, 3.05) is 11.9 Å². The summed E-state index contributed by atoms with van der Waals surface area (Å²) >= 11 is 0. The van der Waals surface area contributed by atoms with Crippen molar-refractivity contribution in [2.45, 2.75) is 18.8 Å². The highest BCUT2D eigenvalue weighted by molar-refractivity contribution is 5.96. The first-order valence-corrected chi connectivity index (χ1v) is 5.72. The van der Waals surface area contributed by atoms with Crippen LogP contribution in [0.25, 0.3) is 0 Å². The van der Waals surface area contributed by atoms with Crippen LogP contribution in [0.4, 0.5) is 23.2 Å². The van der Waals surface area contributed by atoms with E-state index in [0.717, 1.165) is 0 Å². The predicted molar refractivity (Wildman–Crippen MR) is 65.3 cm³/mol. The van der Waals surface area contributed by atoms with Gasteiger partial charge in [-0.1, -0.05) is 0 Å². The molecule has 0 bridgehead atoms. The molecule has 0 aliphatic heterocycles. The van der Waals surface area contributed by atoms with E-state index in [9.17, 15) is 27.2 Å². The number of nitrogens with one attached hydrogen (secondary N) is 1. The second-order valence-corrected chi connectivity index (χ2v) is 3.97. The lowest BCUT2D eigenvalue weighted by Gasteiger charge is -2.15. The minimum absolute atomic E-state index is 0.000895. The molecule has 21 heavy (non-hydrogen) atoms. The third-order valence-electron chi connectivity index (χ3n) is 2.31. The van der Waals surface area contributed by atoms with Crippen molar-refractivity contribution in [2.24, 2.45) is 5.73 Å². The van der Waals surface area contributed by atoms with Gasteiger partial charge in [-0.3, -0.25) is 9.59 Å². The molecule has 1 rings (SSSR count). The van der Waals surface area contributed by atoms with E-state index in [1.807, 2.05) is 0 Å². The Balaban J connectivity index is 2.58. The van der Waals surface area contributed by atoms with Gasteiger partial charge < -0.3 is 15.8 Å². The van der Waals surface area contributed by atoms with Crippen LogP contribution >= 0.6 is 0 Å². The topological polar surface area (TPSA) is 81.4 Å². The Hall–Kier alpha value is -2.32. The van der Waals surface area contributed by atoms with E-state index in [4.69, 9.17) is 10.5 Å². The maximum atomic E-state index is 12.7. The molecule has 0 aliphatic rings. The number of benzene rings is 1. The van der Waals surface area contributed by atoms with Crippen molar-refractivity contribution >= 4 is 17.5 Å². The number of hydrogen-bond donors (Lipinski definition) is 2. The first-order chi connectivity index (χ1) is 9.73. The molecule has 2 amide bonds. The van der Waals surface area contributed by atoms with Gasteiger partial charge >= 0.3 is 18.3 Å². The molecule has 0 saturated heterocycles. The number of rotatable bonds is 7. The van der Waals surface area contributed by atoms with E-state index in [1.54, 1.807) is 5.32 Å². The van der Waals surface area contributed by atoms with Gasteiger partial charge in [0.2, 0.25) is 5.91 Å². The second kappa shape index (κ2) is 6.91. The average molecular weight is 308 g/mol. The van der Waals surface area contributed by atoms with Crippen LogP contribution in [-0.2, 0) is 9.59 Å². The third kappa shape index (κ3) is 4.93. The molecular formula is C12H12F4N2O3. The zero-order valence-corrected chi connectivity index (χ0v) is 10.6. The summed E-state index contributed by atoms with van der Waals surface area (Å²) in [5, 5.41) is 1.67. The molecule has 0 radical (unpaired) electrons. The summed E-state index contributed by atoms with van der Waals surface area (Å²) < 4.78 is 54.5. The smallest absolute Gasteiger partial charge is 0.383 e. The van der Waals surface area contributed by atoms with Gasteiger partial charge in [0.15, 0.2) is 0 Å². The van der Waals surface area contributed by atoms with Gasteiger partial charge in [-0.05, 0) is 24.3 Å². The lowest BCUT2D eigenvalue weighted by atomic mass is 10.2. The van der Waals surface area contributed by atoms with Crippen LogP contribution < -0.4 is 15.8 Å². The Labute approximate surface area is 117 Å². The molecule has 1 aromatic carbocycles. The van der Waals surface area contributed by atoms with Crippen LogP contribution in [0.15, 0.2) is 24.3 Å². The van der Waals surface area contributed by atoms with Crippen molar-refractivity contribution < 1.29 is 31.9 Å². The molecule has 5 nitrogen and oxygen atoms in total. The Kier molecular flexibility index (Phi) is 5.51. The Morgan fingerprint density at radius 3 is 2.29 bits per heavy atom. The largest absolute Gasteiger partial charge is 0.493 e. The summed E-state index contributed by atoms with van der Waals surface area (Å²) in [4.78, 5) is 21.5. The molecule has 0 aromatic heterocycles. The predicted octanol–water partition coefficient (Wildman–Crippen LogP) is 1.78. The number of amides is 2. The SMILES string of the molecule is NC(=O)CCOc1ccc(NC(=O)C(F)(F)C(F)F)cc1. The van der Waals surface area contributed by atoms with Gasteiger partial charge in [-0.15, -0.1) is 0 Å². The van der Waals surface area contributed by atoms with E-state index in [1.165, 1.54) is 24.3 Å². The number of nitrogens with two attached hydrogens (primary N) is 1. The zero-order valence-electron chi connectivity index (χ0n) is 10.6. The lowest BCUT2D eigenvalue weighted by Crippen LogP contribution is -2.40. The fourth-order valence-electron chi connectivity index (χ4n) is 1.22. The highest BCUT2D eigenvalue weighted by Crippen LogP contribution is 2.25. The summed E-state index contributed by atoms with van der Waals surface area (Å²) in [7, 11) is 0. The molecule has 116 valence electrons. The molecule has 0 fully saturated rings. The number of carbonyl (C=O) groups is 2. The fraction of sp³-hybridized carbons (Fsp3) is 0.333. The molecule has 9 heteroatoms. The quantitative estimate of drug-likeness (QED) is 0.753. The molecule has 1 aromatic rings. The van der Waals surface area contributed by atoms with Crippen LogP contribution in [0, 0.1) is 0 Å². The number of halogens is 4. The first kappa shape index (κ1) is 16.7. The maximum absolute atomic E-state index is 12.7. The van der Waals surface area contributed by atoms with Crippen LogP contribution in [0.3, 0.4) is 0 Å². The van der Waals surface area contributed by atoms with Gasteiger partial charge in [0, 0.05) is 5.69 Å². The summed E-state index contributed by atoms with van der Waals surface area (Å²) in [5.74, 6) is -7.11. The third-order valence-corrected chi connectivity index (χ3v) is 2.31. The van der Waals surface area contributed by atoms with Gasteiger partial charge in [0.25, 0.3) is 0 Å². The second-order valence-electron chi connectivity index (χ2n) is 3.97. The fourth-order valence-corrected chi connectivity index (χ4v) is 1.22. The number of alkyl halides is 4. The minimum Gasteiger partial charge on any atom is -0.493 e. The molecule has 0 unspecified atom stereocenters. The van der Waals surface area contributed by atoms with Crippen molar-refractivity contribution in [3.05, 3.63) is 24.3 Å². The van der Waals surface area contributed by atoms with Gasteiger partial charge in [0.1, 0.15) is 5.75 Å². The van der Waals surface area contributed by atoms with Gasteiger partial charge in [0.05, 0.1) is 13.0 Å². The monoisotopic (exact) mass is 308 g/mol. The van der Waals surface area contributed by atoms with Crippen molar-refractivity contribution in [3.63, 3.8) is 0 Å². The minimum atomic E-state index is -4.77. The lowest BCUT2D eigenvalue weighted by molar-refractivity contribution is -0.163. The number of carbonyl (C=O) groups excluding carboxylic acids is 2.